The fraction of sp³-hybridized carbons (Fsp3) is 0.417. The van der Waals surface area contributed by atoms with Gasteiger partial charge in [0.2, 0.25) is 15.9 Å². The van der Waals surface area contributed by atoms with Crippen LogP contribution in [0.1, 0.15) is 19.4 Å². The van der Waals surface area contributed by atoms with Crippen molar-refractivity contribution < 1.29 is 13.2 Å². The monoisotopic (exact) mass is 285 g/mol. The van der Waals surface area contributed by atoms with Crippen molar-refractivity contribution in [3.05, 3.63) is 23.8 Å². The molecule has 1 amide bonds. The lowest BCUT2D eigenvalue weighted by atomic mass is 9.92. The molecule has 0 aliphatic heterocycles. The number of sulfonamides is 1. The summed E-state index contributed by atoms with van der Waals surface area (Å²) in [7, 11) is -3.79. The third-order valence-corrected chi connectivity index (χ3v) is 3.82. The molecule has 0 saturated heterocycles. The van der Waals surface area contributed by atoms with Gasteiger partial charge in [-0.1, -0.05) is 6.07 Å². The molecule has 6 nitrogen and oxygen atoms in total. The Balaban J connectivity index is 3.12. The number of hydrogen-bond acceptors (Lipinski definition) is 4. The number of carbonyl (C=O) groups excluding carboxylic acids is 1. The first kappa shape index (κ1) is 15.6. The predicted octanol–water partition coefficient (Wildman–Crippen LogP) is 0.566. The van der Waals surface area contributed by atoms with Crippen molar-refractivity contribution in [2.24, 2.45) is 16.3 Å². The van der Waals surface area contributed by atoms with Crippen LogP contribution in [-0.2, 0) is 14.8 Å². The number of hydrogen-bond donors (Lipinski definition) is 3. The molecule has 0 atom stereocenters. The molecule has 0 aliphatic carbocycles. The van der Waals surface area contributed by atoms with Gasteiger partial charge >= 0.3 is 0 Å². The maximum Gasteiger partial charge on any atom is 0.238 e. The summed E-state index contributed by atoms with van der Waals surface area (Å²) in [4.78, 5) is 12.0. The van der Waals surface area contributed by atoms with Crippen LogP contribution in [0, 0.1) is 12.3 Å². The molecule has 0 spiro atoms. The Hall–Kier alpha value is -1.44. The molecule has 0 heterocycles. The lowest BCUT2D eigenvalue weighted by molar-refractivity contribution is -0.123. The van der Waals surface area contributed by atoms with Gasteiger partial charge in [0, 0.05) is 12.2 Å². The molecule has 7 heteroatoms. The van der Waals surface area contributed by atoms with Crippen LogP contribution in [0.25, 0.3) is 0 Å². The summed E-state index contributed by atoms with van der Waals surface area (Å²) in [5, 5.41) is 7.73. The van der Waals surface area contributed by atoms with Crippen LogP contribution in [0.4, 0.5) is 5.69 Å². The zero-order chi connectivity index (χ0) is 14.8. The average Bonchev–Trinajstić information content (AvgIpc) is 2.30. The number of rotatable bonds is 4. The quantitative estimate of drug-likeness (QED) is 0.749. The molecule has 1 aromatic rings. The zero-order valence-electron chi connectivity index (χ0n) is 11.2. The fourth-order valence-corrected chi connectivity index (χ4v) is 1.84. The SMILES string of the molecule is Cc1ccc(S(N)(=O)=O)cc1NC(=O)C(C)(C)CN. The van der Waals surface area contributed by atoms with Gasteiger partial charge in [-0.2, -0.15) is 0 Å². The van der Waals surface area contributed by atoms with Crippen molar-refractivity contribution >= 4 is 21.6 Å². The largest absolute Gasteiger partial charge is 0.329 e. The topological polar surface area (TPSA) is 115 Å². The van der Waals surface area contributed by atoms with E-state index in [1.807, 2.05) is 0 Å². The number of nitrogens with one attached hydrogen (secondary N) is 1. The Morgan fingerprint density at radius 1 is 1.37 bits per heavy atom. The number of benzene rings is 1. The minimum atomic E-state index is -3.79. The first-order valence-electron chi connectivity index (χ1n) is 5.73. The third-order valence-electron chi connectivity index (χ3n) is 2.91. The van der Waals surface area contributed by atoms with E-state index in [9.17, 15) is 13.2 Å². The highest BCUT2D eigenvalue weighted by molar-refractivity contribution is 7.89. The molecule has 0 radical (unpaired) electrons. The van der Waals surface area contributed by atoms with E-state index in [0.717, 1.165) is 5.56 Å². The van der Waals surface area contributed by atoms with E-state index in [2.05, 4.69) is 5.32 Å². The Bertz CT molecular complexity index is 594. The van der Waals surface area contributed by atoms with Crippen LogP contribution in [0.3, 0.4) is 0 Å². The van der Waals surface area contributed by atoms with Gasteiger partial charge in [-0.25, -0.2) is 13.6 Å². The van der Waals surface area contributed by atoms with Crippen molar-refractivity contribution in [3.63, 3.8) is 0 Å². The molecule has 0 saturated carbocycles. The molecule has 1 rings (SSSR count). The van der Waals surface area contributed by atoms with Crippen LogP contribution in [0.15, 0.2) is 23.1 Å². The number of amides is 1. The van der Waals surface area contributed by atoms with E-state index in [4.69, 9.17) is 10.9 Å². The second-order valence-corrected chi connectivity index (χ2v) is 6.63. The summed E-state index contributed by atoms with van der Waals surface area (Å²) >= 11 is 0. The summed E-state index contributed by atoms with van der Waals surface area (Å²) in [5.41, 5.74) is 5.95. The predicted molar refractivity (Wildman–Crippen MR) is 74.0 cm³/mol. The molecule has 19 heavy (non-hydrogen) atoms. The van der Waals surface area contributed by atoms with E-state index in [1.54, 1.807) is 26.8 Å². The van der Waals surface area contributed by atoms with Gasteiger partial charge in [-0.15, -0.1) is 0 Å². The normalized spacial score (nSPS) is 12.3. The molecule has 0 aromatic heterocycles. The van der Waals surface area contributed by atoms with Crippen LogP contribution >= 0.6 is 0 Å². The Kier molecular flexibility index (Phi) is 4.34. The van der Waals surface area contributed by atoms with Gasteiger partial charge in [-0.3, -0.25) is 4.79 Å². The molecule has 1 aromatic carbocycles. The lowest BCUT2D eigenvalue weighted by Gasteiger charge is -2.22. The van der Waals surface area contributed by atoms with E-state index >= 15 is 0 Å². The second kappa shape index (κ2) is 5.28. The number of carbonyl (C=O) groups is 1. The molecule has 106 valence electrons. The summed E-state index contributed by atoms with van der Waals surface area (Å²) < 4.78 is 22.6. The van der Waals surface area contributed by atoms with Gasteiger partial charge in [0.15, 0.2) is 0 Å². The average molecular weight is 285 g/mol. The first-order chi connectivity index (χ1) is 8.58. The molecular weight excluding hydrogens is 266 g/mol. The minimum Gasteiger partial charge on any atom is -0.329 e. The standard InChI is InChI=1S/C12H19N3O3S/c1-8-4-5-9(19(14,17)18)6-10(8)15-11(16)12(2,3)7-13/h4-6H,7,13H2,1-3H3,(H,15,16)(H2,14,17,18). The summed E-state index contributed by atoms with van der Waals surface area (Å²) in [6, 6.07) is 4.33. The molecule has 0 fully saturated rings. The lowest BCUT2D eigenvalue weighted by Crippen LogP contribution is -2.37. The van der Waals surface area contributed by atoms with Crippen molar-refractivity contribution in [1.82, 2.24) is 0 Å². The molecule has 0 bridgehead atoms. The van der Waals surface area contributed by atoms with Crippen molar-refractivity contribution in [2.75, 3.05) is 11.9 Å². The Morgan fingerprint density at radius 3 is 2.42 bits per heavy atom. The van der Waals surface area contributed by atoms with Gasteiger partial charge in [0.25, 0.3) is 0 Å². The van der Waals surface area contributed by atoms with Crippen molar-refractivity contribution in [2.45, 2.75) is 25.7 Å². The highest BCUT2D eigenvalue weighted by Crippen LogP contribution is 2.22. The first-order valence-corrected chi connectivity index (χ1v) is 7.27. The number of primary sulfonamides is 1. The van der Waals surface area contributed by atoms with Crippen molar-refractivity contribution in [1.29, 1.82) is 0 Å². The second-order valence-electron chi connectivity index (χ2n) is 5.06. The highest BCUT2D eigenvalue weighted by atomic mass is 32.2. The van der Waals surface area contributed by atoms with Gasteiger partial charge in [-0.05, 0) is 38.5 Å². The zero-order valence-corrected chi connectivity index (χ0v) is 12.0. The number of anilines is 1. The van der Waals surface area contributed by atoms with Gasteiger partial charge in [0.05, 0.1) is 10.3 Å². The summed E-state index contributed by atoms with van der Waals surface area (Å²) in [6.45, 7) is 5.37. The van der Waals surface area contributed by atoms with Gasteiger partial charge in [0.1, 0.15) is 0 Å². The highest BCUT2D eigenvalue weighted by Gasteiger charge is 2.26. The maximum absolute atomic E-state index is 12.0. The number of nitrogens with two attached hydrogens (primary N) is 2. The van der Waals surface area contributed by atoms with E-state index in [-0.39, 0.29) is 17.3 Å². The molecular formula is C12H19N3O3S. The smallest absolute Gasteiger partial charge is 0.238 e. The van der Waals surface area contributed by atoms with E-state index in [1.165, 1.54) is 12.1 Å². The van der Waals surface area contributed by atoms with E-state index in [0.29, 0.717) is 5.69 Å². The number of aryl methyl sites for hydroxylation is 1. The van der Waals surface area contributed by atoms with Crippen molar-refractivity contribution in [3.8, 4) is 0 Å². The van der Waals surface area contributed by atoms with Crippen LogP contribution in [-0.4, -0.2) is 20.9 Å². The minimum absolute atomic E-state index is 0.0426. The van der Waals surface area contributed by atoms with E-state index < -0.39 is 15.4 Å². The van der Waals surface area contributed by atoms with Crippen LogP contribution in [0.5, 0.6) is 0 Å². The molecule has 0 unspecified atom stereocenters. The third kappa shape index (κ3) is 3.76. The van der Waals surface area contributed by atoms with Crippen LogP contribution < -0.4 is 16.2 Å². The molecule has 0 aliphatic rings. The van der Waals surface area contributed by atoms with Crippen LogP contribution in [0.2, 0.25) is 0 Å². The Labute approximate surface area is 113 Å². The maximum atomic E-state index is 12.0. The fourth-order valence-electron chi connectivity index (χ4n) is 1.30. The van der Waals surface area contributed by atoms with Gasteiger partial charge < -0.3 is 11.1 Å². The Morgan fingerprint density at radius 2 is 1.95 bits per heavy atom. The summed E-state index contributed by atoms with van der Waals surface area (Å²) in [5.74, 6) is -0.273. The summed E-state index contributed by atoms with van der Waals surface area (Å²) in [6.07, 6.45) is 0. The molecule has 5 N–H and O–H groups in total.